The molecule has 1 aliphatic rings. The average Bonchev–Trinajstić information content (AvgIpc) is 3.18. The molecule has 2 rings (SSSR count). The van der Waals surface area contributed by atoms with Crippen molar-refractivity contribution in [2.24, 2.45) is 17.8 Å². The number of carboxylic acids is 1. The Kier molecular flexibility index (Phi) is 9.99. The molecule has 0 aromatic carbocycles. The van der Waals surface area contributed by atoms with Crippen molar-refractivity contribution in [3.63, 3.8) is 0 Å². The Morgan fingerprint density at radius 1 is 1.19 bits per heavy atom. The third-order valence-electron chi connectivity index (χ3n) is 5.93. The Bertz CT molecular complexity index is 755. The number of nitrogens with zero attached hydrogens (tertiary/aromatic N) is 2. The third-order valence-corrected chi connectivity index (χ3v) is 5.93. The van der Waals surface area contributed by atoms with Crippen LogP contribution in [0.2, 0.25) is 0 Å². The molecule has 1 aliphatic carbocycles. The number of imidazole rings is 1. The number of nitrogens with one attached hydrogen (secondary N) is 1. The summed E-state index contributed by atoms with van der Waals surface area (Å²) in [6, 6.07) is 0.390. The van der Waals surface area contributed by atoms with E-state index in [1.807, 2.05) is 6.20 Å². The number of rotatable bonds is 11. The molecule has 0 bridgehead atoms. The summed E-state index contributed by atoms with van der Waals surface area (Å²) in [5, 5.41) is 12.2. The standard InChI is InChI=1S/C23H37N3O6/c1-15(2)22(29)31-17(4)32-23(30)25-11-5-6-18(21(27)28)14-20-24-12-13-26(20)19-9-7-16(3)8-10-19/h12-13,15-19H,5-11,14H2,1-4H3,(H,25,30)(H,27,28)/t16?,17?,18-,19?/m0/s1. The minimum Gasteiger partial charge on any atom is -0.481 e. The molecule has 1 aromatic heterocycles. The van der Waals surface area contributed by atoms with E-state index >= 15 is 0 Å². The fraction of sp³-hybridized carbons (Fsp3) is 0.739. The number of esters is 1. The molecule has 0 aliphatic heterocycles. The summed E-state index contributed by atoms with van der Waals surface area (Å²) >= 11 is 0. The van der Waals surface area contributed by atoms with Gasteiger partial charge in [-0.25, -0.2) is 9.78 Å². The van der Waals surface area contributed by atoms with Crippen LogP contribution in [0.25, 0.3) is 0 Å². The summed E-state index contributed by atoms with van der Waals surface area (Å²) in [6.45, 7) is 7.39. The topological polar surface area (TPSA) is 120 Å². The quantitative estimate of drug-likeness (QED) is 0.297. The summed E-state index contributed by atoms with van der Waals surface area (Å²) in [7, 11) is 0. The van der Waals surface area contributed by atoms with Crippen LogP contribution in [0.15, 0.2) is 12.4 Å². The second-order valence-corrected chi connectivity index (χ2v) is 9.04. The van der Waals surface area contributed by atoms with Crippen LogP contribution in [0.5, 0.6) is 0 Å². The largest absolute Gasteiger partial charge is 0.481 e. The lowest BCUT2D eigenvalue weighted by atomic mass is 9.87. The molecule has 180 valence electrons. The number of carboxylic acid groups (broad SMARTS) is 1. The van der Waals surface area contributed by atoms with Gasteiger partial charge in [-0.05, 0) is 44.4 Å². The Morgan fingerprint density at radius 3 is 2.50 bits per heavy atom. The molecule has 1 aromatic rings. The molecular formula is C23H37N3O6. The second-order valence-electron chi connectivity index (χ2n) is 9.04. The fourth-order valence-electron chi connectivity index (χ4n) is 3.94. The van der Waals surface area contributed by atoms with E-state index in [0.29, 0.717) is 25.3 Å². The van der Waals surface area contributed by atoms with Gasteiger partial charge in [-0.3, -0.25) is 9.59 Å². The predicted octanol–water partition coefficient (Wildman–Crippen LogP) is 3.93. The molecule has 1 unspecified atom stereocenters. The highest BCUT2D eigenvalue weighted by molar-refractivity contribution is 5.72. The minimum absolute atomic E-state index is 0.266. The summed E-state index contributed by atoms with van der Waals surface area (Å²) in [5.41, 5.74) is 0. The number of amides is 1. The molecule has 1 amide bonds. The lowest BCUT2D eigenvalue weighted by Gasteiger charge is -2.28. The van der Waals surface area contributed by atoms with Gasteiger partial charge in [-0.1, -0.05) is 20.8 Å². The molecule has 9 heteroatoms. The Morgan fingerprint density at radius 2 is 1.88 bits per heavy atom. The Balaban J connectivity index is 1.77. The van der Waals surface area contributed by atoms with Gasteiger partial charge in [-0.15, -0.1) is 0 Å². The zero-order valence-corrected chi connectivity index (χ0v) is 19.6. The van der Waals surface area contributed by atoms with Gasteiger partial charge in [0, 0.05) is 38.3 Å². The summed E-state index contributed by atoms with van der Waals surface area (Å²) in [5.74, 6) is -0.652. The maximum atomic E-state index is 11.8. The van der Waals surface area contributed by atoms with Crippen LogP contribution in [0.4, 0.5) is 4.79 Å². The van der Waals surface area contributed by atoms with Crippen molar-refractivity contribution >= 4 is 18.0 Å². The van der Waals surface area contributed by atoms with Gasteiger partial charge in [0.05, 0.1) is 11.8 Å². The van der Waals surface area contributed by atoms with Gasteiger partial charge >= 0.3 is 18.0 Å². The Hall–Kier alpha value is -2.58. The zero-order chi connectivity index (χ0) is 23.7. The van der Waals surface area contributed by atoms with E-state index in [9.17, 15) is 19.5 Å². The van der Waals surface area contributed by atoms with Crippen LogP contribution in [-0.2, 0) is 25.5 Å². The molecule has 0 saturated heterocycles. The number of alkyl carbamates (subject to hydrolysis) is 1. The highest BCUT2D eigenvalue weighted by Crippen LogP contribution is 2.33. The van der Waals surface area contributed by atoms with Crippen LogP contribution in [0.3, 0.4) is 0 Å². The van der Waals surface area contributed by atoms with Crippen LogP contribution in [-0.4, -0.2) is 45.5 Å². The maximum Gasteiger partial charge on any atom is 0.410 e. The number of aromatic nitrogens is 2. The van der Waals surface area contributed by atoms with E-state index in [4.69, 9.17) is 9.47 Å². The van der Waals surface area contributed by atoms with Crippen LogP contribution >= 0.6 is 0 Å². The van der Waals surface area contributed by atoms with Crippen molar-refractivity contribution in [3.8, 4) is 0 Å². The fourth-order valence-corrected chi connectivity index (χ4v) is 3.94. The molecule has 0 spiro atoms. The molecule has 9 nitrogen and oxygen atoms in total. The number of carbonyl (C=O) groups is 3. The predicted molar refractivity (Wildman–Crippen MR) is 118 cm³/mol. The molecular weight excluding hydrogens is 414 g/mol. The van der Waals surface area contributed by atoms with Crippen molar-refractivity contribution in [2.45, 2.75) is 85.0 Å². The molecule has 1 saturated carbocycles. The van der Waals surface area contributed by atoms with E-state index in [1.54, 1.807) is 20.0 Å². The smallest absolute Gasteiger partial charge is 0.410 e. The van der Waals surface area contributed by atoms with Crippen LogP contribution < -0.4 is 5.32 Å². The van der Waals surface area contributed by atoms with Gasteiger partial charge in [0.2, 0.25) is 6.29 Å². The molecule has 1 heterocycles. The van der Waals surface area contributed by atoms with Crippen molar-refractivity contribution in [1.82, 2.24) is 14.9 Å². The van der Waals surface area contributed by atoms with E-state index < -0.39 is 30.2 Å². The van der Waals surface area contributed by atoms with E-state index in [1.165, 1.54) is 19.8 Å². The number of ether oxygens (including phenoxy) is 2. The number of aliphatic carboxylic acids is 1. The van der Waals surface area contributed by atoms with Crippen LogP contribution in [0, 0.1) is 17.8 Å². The molecule has 1 fully saturated rings. The van der Waals surface area contributed by atoms with Crippen molar-refractivity contribution < 1.29 is 29.0 Å². The average molecular weight is 452 g/mol. The van der Waals surface area contributed by atoms with E-state index in [0.717, 1.165) is 24.6 Å². The minimum atomic E-state index is -0.988. The number of hydrogen-bond acceptors (Lipinski definition) is 6. The lowest BCUT2D eigenvalue weighted by Crippen LogP contribution is -2.32. The van der Waals surface area contributed by atoms with Crippen molar-refractivity contribution in [2.75, 3.05) is 6.54 Å². The number of carbonyl (C=O) groups excluding carboxylic acids is 2. The van der Waals surface area contributed by atoms with Gasteiger partial charge in [0.25, 0.3) is 0 Å². The summed E-state index contributed by atoms with van der Waals surface area (Å²) in [4.78, 5) is 39.6. The van der Waals surface area contributed by atoms with Gasteiger partial charge in [0.1, 0.15) is 5.82 Å². The SMILES string of the molecule is CC1CCC(n2ccnc2C[C@H](CCCNC(=O)OC(C)OC(=O)C(C)C)C(=O)O)CC1. The highest BCUT2D eigenvalue weighted by atomic mass is 16.7. The third kappa shape index (κ3) is 8.16. The Labute approximate surface area is 189 Å². The van der Waals surface area contributed by atoms with Crippen LogP contribution in [0.1, 0.15) is 78.1 Å². The molecule has 2 N–H and O–H groups in total. The zero-order valence-electron chi connectivity index (χ0n) is 19.6. The second kappa shape index (κ2) is 12.5. The first-order valence-corrected chi connectivity index (χ1v) is 11.6. The van der Waals surface area contributed by atoms with Gasteiger partial charge in [0.15, 0.2) is 0 Å². The van der Waals surface area contributed by atoms with Crippen molar-refractivity contribution in [3.05, 3.63) is 18.2 Å². The molecule has 32 heavy (non-hydrogen) atoms. The van der Waals surface area contributed by atoms with Crippen molar-refractivity contribution in [1.29, 1.82) is 0 Å². The maximum absolute atomic E-state index is 11.8. The van der Waals surface area contributed by atoms with E-state index in [2.05, 4.69) is 21.8 Å². The molecule has 2 atom stereocenters. The van der Waals surface area contributed by atoms with E-state index in [-0.39, 0.29) is 12.5 Å². The number of hydrogen-bond donors (Lipinski definition) is 2. The van der Waals surface area contributed by atoms with Gasteiger partial charge in [-0.2, -0.15) is 0 Å². The summed E-state index contributed by atoms with van der Waals surface area (Å²) in [6.07, 6.45) is 7.82. The summed E-state index contributed by atoms with van der Waals surface area (Å²) < 4.78 is 12.1. The molecule has 0 radical (unpaired) electrons. The highest BCUT2D eigenvalue weighted by Gasteiger charge is 2.25. The first-order chi connectivity index (χ1) is 15.2. The monoisotopic (exact) mass is 451 g/mol. The first kappa shape index (κ1) is 25.7. The van der Waals surface area contributed by atoms with Gasteiger partial charge < -0.3 is 24.5 Å². The normalized spacial score (nSPS) is 20.4. The lowest BCUT2D eigenvalue weighted by molar-refractivity contribution is -0.168. The first-order valence-electron chi connectivity index (χ1n) is 11.6.